The molecular weight excluding hydrogens is 146 g/mol. The van der Waals surface area contributed by atoms with E-state index in [0.29, 0.717) is 12.1 Å². The van der Waals surface area contributed by atoms with Gasteiger partial charge in [0.15, 0.2) is 0 Å². The average Bonchev–Trinajstić information content (AvgIpc) is 1.81. The Morgan fingerprint density at radius 2 is 1.45 bits per heavy atom. The van der Waals surface area contributed by atoms with Crippen molar-refractivity contribution < 1.29 is 2.85 Å². The molecule has 0 bridgehead atoms. The van der Waals surface area contributed by atoms with E-state index in [9.17, 15) is 0 Å². The van der Waals surface area contributed by atoms with Gasteiger partial charge in [-0.1, -0.05) is 6.92 Å². The number of rotatable bonds is 4. The smallest absolute Gasteiger partial charge is 1.00 e. The van der Waals surface area contributed by atoms with Gasteiger partial charge in [0, 0.05) is 12.1 Å². The van der Waals surface area contributed by atoms with Crippen LogP contribution in [0.5, 0.6) is 0 Å². The fourth-order valence-corrected chi connectivity index (χ4v) is 1.37. The maximum atomic E-state index is 2.51. The fourth-order valence-electron chi connectivity index (χ4n) is 1.37. The predicted molar refractivity (Wildman–Crippen MR) is 55.2 cm³/mol. The van der Waals surface area contributed by atoms with Crippen LogP contribution >= 0.6 is 0 Å². The van der Waals surface area contributed by atoms with Crippen molar-refractivity contribution in [3.63, 3.8) is 0 Å². The van der Waals surface area contributed by atoms with Crippen molar-refractivity contribution in [2.75, 3.05) is 6.54 Å². The van der Waals surface area contributed by atoms with Crippen LogP contribution in [0.4, 0.5) is 0 Å². The minimum Gasteiger partial charge on any atom is -1.00 e. The molecule has 1 nitrogen and oxygen atoms in total. The molecule has 0 amide bonds. The zero-order valence-electron chi connectivity index (χ0n) is 10.7. The second-order valence-electron chi connectivity index (χ2n) is 3.43. The van der Waals surface area contributed by atoms with Gasteiger partial charge < -0.3 is 2.85 Å². The summed E-state index contributed by atoms with van der Waals surface area (Å²) in [6.07, 6.45) is 1.26. The van der Waals surface area contributed by atoms with Crippen LogP contribution < -0.4 is 0 Å². The van der Waals surface area contributed by atoms with Crippen molar-refractivity contribution in [1.82, 2.24) is 4.90 Å². The Kier molecular flexibility index (Phi) is 9.57. The van der Waals surface area contributed by atoms with E-state index in [4.69, 9.17) is 0 Å². The first-order valence-electron chi connectivity index (χ1n) is 4.35. The molecule has 0 rings (SSSR count). The Hall–Kier alpha value is 0.726. The van der Waals surface area contributed by atoms with Gasteiger partial charge in [0.1, 0.15) is 0 Å². The third-order valence-corrected chi connectivity index (χ3v) is 1.81. The van der Waals surface area contributed by atoms with Crippen LogP contribution in [0.2, 0.25) is 0 Å². The zero-order valence-corrected chi connectivity index (χ0v) is 10.1. The first-order valence-corrected chi connectivity index (χ1v) is 4.35. The quantitative estimate of drug-likeness (QED) is 0.584. The Labute approximate surface area is 90.7 Å². The molecule has 0 saturated heterocycles. The van der Waals surface area contributed by atoms with E-state index in [1.807, 2.05) is 0 Å². The van der Waals surface area contributed by atoms with Crippen LogP contribution in [-0.2, 0) is 0 Å². The first-order chi connectivity index (χ1) is 4.59. The van der Waals surface area contributed by atoms with Crippen LogP contribution in [0, 0.1) is 0 Å². The molecule has 0 saturated carbocycles. The minimum absolute atomic E-state index is 0. The summed E-state index contributed by atoms with van der Waals surface area (Å²) >= 11 is 0. The Morgan fingerprint density at radius 1 is 1.09 bits per heavy atom. The van der Waals surface area contributed by atoms with Crippen molar-refractivity contribution >= 4 is 23.1 Å². The third kappa shape index (κ3) is 5.94. The molecule has 0 spiro atoms. The molecule has 0 radical (unpaired) electrons. The molecule has 2 heteroatoms. The van der Waals surface area contributed by atoms with Crippen LogP contribution in [0.15, 0.2) is 0 Å². The van der Waals surface area contributed by atoms with Gasteiger partial charge in [-0.2, -0.15) is 0 Å². The van der Waals surface area contributed by atoms with E-state index in [1.54, 1.807) is 0 Å². The third-order valence-electron chi connectivity index (χ3n) is 1.81. The summed E-state index contributed by atoms with van der Waals surface area (Å²) in [7, 11) is 0. The molecule has 0 atom stereocenters. The molecule has 0 unspecified atom stereocenters. The summed E-state index contributed by atoms with van der Waals surface area (Å²) in [4.78, 5) is 2.51. The van der Waals surface area contributed by atoms with Crippen molar-refractivity contribution in [3.8, 4) is 0 Å². The van der Waals surface area contributed by atoms with E-state index in [-0.39, 0.29) is 25.9 Å². The molecule has 66 valence electrons. The molecule has 0 aliphatic heterocycles. The average molecular weight is 170 g/mol. The standard InChI is InChI=1S/C9H21N.Mg.2H/c1-6-7-10(8(2)3)9(4)5;;;/h8-9H,6-7H2,1-5H3;;;/q;+2;2*-1. The van der Waals surface area contributed by atoms with Crippen molar-refractivity contribution in [3.05, 3.63) is 0 Å². The van der Waals surface area contributed by atoms with Gasteiger partial charge in [0.05, 0.1) is 0 Å². The van der Waals surface area contributed by atoms with Crippen LogP contribution in [0.3, 0.4) is 0 Å². The molecular formula is C9H23MgN. The monoisotopic (exact) mass is 169 g/mol. The molecule has 0 heterocycles. The largest absolute Gasteiger partial charge is 2.00 e. The van der Waals surface area contributed by atoms with Gasteiger partial charge in [-0.25, -0.2) is 0 Å². The van der Waals surface area contributed by atoms with E-state index in [1.165, 1.54) is 13.0 Å². The summed E-state index contributed by atoms with van der Waals surface area (Å²) in [6.45, 7) is 12.5. The van der Waals surface area contributed by atoms with Crippen molar-refractivity contribution in [2.45, 2.75) is 53.1 Å². The van der Waals surface area contributed by atoms with Gasteiger partial charge in [-0.15, -0.1) is 0 Å². The Bertz CT molecular complexity index is 81.7. The summed E-state index contributed by atoms with van der Waals surface area (Å²) in [5.74, 6) is 0. The number of hydrogen-bond acceptors (Lipinski definition) is 1. The van der Waals surface area contributed by atoms with E-state index in [2.05, 4.69) is 39.5 Å². The van der Waals surface area contributed by atoms with Crippen molar-refractivity contribution in [2.24, 2.45) is 0 Å². The molecule has 0 aliphatic rings. The molecule has 0 aromatic heterocycles. The normalized spacial score (nSPS) is 10.9. The van der Waals surface area contributed by atoms with E-state index in [0.717, 1.165) is 0 Å². The summed E-state index contributed by atoms with van der Waals surface area (Å²) in [5, 5.41) is 0. The minimum atomic E-state index is 0. The number of hydrogen-bond donors (Lipinski definition) is 0. The second-order valence-corrected chi connectivity index (χ2v) is 3.43. The maximum Gasteiger partial charge on any atom is 2.00 e. The summed E-state index contributed by atoms with van der Waals surface area (Å²) in [5.41, 5.74) is 0. The van der Waals surface area contributed by atoms with Gasteiger partial charge >= 0.3 is 23.1 Å². The van der Waals surface area contributed by atoms with E-state index >= 15 is 0 Å². The fraction of sp³-hybridized carbons (Fsp3) is 1.00. The molecule has 0 aliphatic carbocycles. The topological polar surface area (TPSA) is 3.24 Å². The summed E-state index contributed by atoms with van der Waals surface area (Å²) in [6, 6.07) is 1.39. The second kappa shape index (κ2) is 7.38. The van der Waals surface area contributed by atoms with Gasteiger partial charge in [0.25, 0.3) is 0 Å². The maximum absolute atomic E-state index is 2.51. The molecule has 0 fully saturated rings. The summed E-state index contributed by atoms with van der Waals surface area (Å²) < 4.78 is 0. The van der Waals surface area contributed by atoms with Gasteiger partial charge in [0.2, 0.25) is 0 Å². The molecule has 0 aromatic rings. The Morgan fingerprint density at radius 3 is 1.55 bits per heavy atom. The van der Waals surface area contributed by atoms with Gasteiger partial charge in [-0.3, -0.25) is 4.90 Å². The predicted octanol–water partition coefficient (Wildman–Crippen LogP) is 2.36. The van der Waals surface area contributed by atoms with Crippen molar-refractivity contribution in [1.29, 1.82) is 0 Å². The van der Waals surface area contributed by atoms with Crippen LogP contribution in [-0.4, -0.2) is 46.6 Å². The van der Waals surface area contributed by atoms with E-state index < -0.39 is 0 Å². The SMILES string of the molecule is CCCN(C(C)C)C(C)C.[H-].[H-].[Mg+2]. The zero-order chi connectivity index (χ0) is 8.15. The molecule has 0 aromatic carbocycles. The Balaban J connectivity index is -0.000000135. The van der Waals surface area contributed by atoms with Crippen LogP contribution in [0.1, 0.15) is 43.9 Å². The van der Waals surface area contributed by atoms with Gasteiger partial charge in [-0.05, 0) is 40.7 Å². The van der Waals surface area contributed by atoms with Crippen LogP contribution in [0.25, 0.3) is 0 Å². The number of nitrogens with zero attached hydrogens (tertiary/aromatic N) is 1. The first kappa shape index (κ1) is 14.3. The molecule has 11 heavy (non-hydrogen) atoms. The molecule has 0 N–H and O–H groups in total.